The van der Waals surface area contributed by atoms with Crippen LogP contribution in [0.5, 0.6) is 0 Å². The number of rotatable bonds is 38. The molecule has 0 aromatic heterocycles. The Hall–Kier alpha value is -1.10. The summed E-state index contributed by atoms with van der Waals surface area (Å²) in [4.78, 5) is 26.7. The smallest absolute Gasteiger partial charge is 0.309 e. The van der Waals surface area contributed by atoms with Crippen molar-refractivity contribution in [1.29, 1.82) is 0 Å². The predicted octanol–water partition coefficient (Wildman–Crippen LogP) is 13.2. The first-order valence-electron chi connectivity index (χ1n) is 21.5. The lowest BCUT2D eigenvalue weighted by Crippen LogP contribution is -2.32. The van der Waals surface area contributed by atoms with Crippen LogP contribution < -0.4 is 0 Å². The normalized spacial score (nSPS) is 12.2. The lowest BCUT2D eigenvalue weighted by molar-refractivity contribution is -0.167. The SMILES string of the molecule is CCCCCCCCCC(CCCCCCCCC)C(=O)OCC(CO)OC(=O)C(CCCCCCCCC)CCCCCCCCC. The van der Waals surface area contributed by atoms with E-state index in [9.17, 15) is 14.7 Å². The first kappa shape index (κ1) is 46.9. The zero-order valence-corrected chi connectivity index (χ0v) is 32.9. The number of esters is 2. The summed E-state index contributed by atoms with van der Waals surface area (Å²) in [6, 6.07) is 0. The second-order valence-corrected chi connectivity index (χ2v) is 14.9. The van der Waals surface area contributed by atoms with Gasteiger partial charge in [0.1, 0.15) is 6.61 Å². The summed E-state index contributed by atoms with van der Waals surface area (Å²) < 4.78 is 11.6. The maximum Gasteiger partial charge on any atom is 0.309 e. The summed E-state index contributed by atoms with van der Waals surface area (Å²) in [5.74, 6) is -0.633. The van der Waals surface area contributed by atoms with Gasteiger partial charge in [0, 0.05) is 0 Å². The summed E-state index contributed by atoms with van der Waals surface area (Å²) in [7, 11) is 0. The molecular formula is C43H84O5. The zero-order valence-electron chi connectivity index (χ0n) is 32.9. The van der Waals surface area contributed by atoms with Gasteiger partial charge in [-0.15, -0.1) is 0 Å². The molecule has 0 rings (SSSR count). The van der Waals surface area contributed by atoms with Crippen molar-refractivity contribution in [1.82, 2.24) is 0 Å². The van der Waals surface area contributed by atoms with Crippen molar-refractivity contribution in [3.63, 3.8) is 0 Å². The average molecular weight is 681 g/mol. The number of ether oxygens (including phenoxy) is 2. The van der Waals surface area contributed by atoms with E-state index < -0.39 is 6.10 Å². The van der Waals surface area contributed by atoms with Crippen LogP contribution in [-0.2, 0) is 19.1 Å². The van der Waals surface area contributed by atoms with Gasteiger partial charge in [-0.25, -0.2) is 0 Å². The number of carbonyl (C=O) groups excluding carboxylic acids is 2. The molecule has 0 radical (unpaired) electrons. The topological polar surface area (TPSA) is 72.8 Å². The first-order chi connectivity index (χ1) is 23.5. The molecule has 0 saturated carbocycles. The summed E-state index contributed by atoms with van der Waals surface area (Å²) in [6.45, 7) is 8.61. The van der Waals surface area contributed by atoms with E-state index in [4.69, 9.17) is 9.47 Å². The molecule has 0 amide bonds. The molecule has 0 aliphatic carbocycles. The van der Waals surface area contributed by atoms with Crippen LogP contribution in [0.15, 0.2) is 0 Å². The Morgan fingerprint density at radius 2 is 0.688 bits per heavy atom. The van der Waals surface area contributed by atoms with Gasteiger partial charge in [-0.2, -0.15) is 0 Å². The van der Waals surface area contributed by atoms with E-state index >= 15 is 0 Å². The lowest BCUT2D eigenvalue weighted by atomic mass is 9.94. The molecule has 48 heavy (non-hydrogen) atoms. The monoisotopic (exact) mass is 681 g/mol. The highest BCUT2D eigenvalue weighted by atomic mass is 16.6. The van der Waals surface area contributed by atoms with Crippen LogP contribution in [0.4, 0.5) is 0 Å². The summed E-state index contributed by atoms with van der Waals surface area (Å²) in [5.41, 5.74) is 0. The Labute approximate surface area is 299 Å². The van der Waals surface area contributed by atoms with Gasteiger partial charge in [0.05, 0.1) is 18.4 Å². The maximum atomic E-state index is 13.4. The van der Waals surface area contributed by atoms with Crippen molar-refractivity contribution in [2.24, 2.45) is 11.8 Å². The fourth-order valence-corrected chi connectivity index (χ4v) is 6.83. The number of carbonyl (C=O) groups is 2. The third kappa shape index (κ3) is 29.8. The Bertz CT molecular complexity index is 644. The third-order valence-corrected chi connectivity index (χ3v) is 10.2. The molecule has 0 aliphatic rings. The second kappa shape index (κ2) is 37.2. The van der Waals surface area contributed by atoms with Crippen molar-refractivity contribution in [2.75, 3.05) is 13.2 Å². The van der Waals surface area contributed by atoms with Crippen molar-refractivity contribution in [3.8, 4) is 0 Å². The molecule has 0 fully saturated rings. The minimum Gasteiger partial charge on any atom is -0.461 e. The van der Waals surface area contributed by atoms with E-state index in [0.29, 0.717) is 0 Å². The van der Waals surface area contributed by atoms with Crippen LogP contribution in [0.1, 0.15) is 233 Å². The molecule has 0 aromatic carbocycles. The molecule has 0 heterocycles. The lowest BCUT2D eigenvalue weighted by Gasteiger charge is -2.22. The highest BCUT2D eigenvalue weighted by Gasteiger charge is 2.26. The Balaban J connectivity index is 4.94. The van der Waals surface area contributed by atoms with Gasteiger partial charge < -0.3 is 14.6 Å². The maximum absolute atomic E-state index is 13.4. The number of hydrogen-bond acceptors (Lipinski definition) is 5. The number of aliphatic hydroxyl groups excluding tert-OH is 1. The van der Waals surface area contributed by atoms with Crippen molar-refractivity contribution in [2.45, 2.75) is 239 Å². The minimum absolute atomic E-state index is 0.0484. The predicted molar refractivity (Wildman–Crippen MR) is 205 cm³/mol. The quantitative estimate of drug-likeness (QED) is 0.0519. The summed E-state index contributed by atoms with van der Waals surface area (Å²) in [6.07, 6.45) is 37.0. The molecule has 1 atom stereocenters. The van der Waals surface area contributed by atoms with Crippen LogP contribution in [0.3, 0.4) is 0 Å². The molecule has 5 nitrogen and oxygen atoms in total. The van der Waals surface area contributed by atoms with Gasteiger partial charge in [0.25, 0.3) is 0 Å². The summed E-state index contributed by atoms with van der Waals surface area (Å²) in [5, 5.41) is 10.1. The minimum atomic E-state index is -0.787. The molecule has 0 aliphatic heterocycles. The zero-order chi connectivity index (χ0) is 35.3. The standard InChI is InChI=1S/C43H84O5/c1-5-9-13-17-21-25-29-33-39(34-30-26-22-18-14-10-6-2)42(45)47-38-41(37-44)48-43(46)40(35-31-27-23-19-15-11-7-3)36-32-28-24-20-16-12-8-4/h39-41,44H,5-38H2,1-4H3. The van der Waals surface area contributed by atoms with Crippen molar-refractivity contribution < 1.29 is 24.2 Å². The first-order valence-corrected chi connectivity index (χ1v) is 21.5. The van der Waals surface area contributed by atoms with Gasteiger partial charge in [0.15, 0.2) is 6.10 Å². The third-order valence-electron chi connectivity index (χ3n) is 10.2. The Morgan fingerprint density at radius 3 is 0.979 bits per heavy atom. The van der Waals surface area contributed by atoms with E-state index in [1.165, 1.54) is 141 Å². The van der Waals surface area contributed by atoms with Crippen LogP contribution >= 0.6 is 0 Å². The summed E-state index contributed by atoms with van der Waals surface area (Å²) >= 11 is 0. The van der Waals surface area contributed by atoms with E-state index in [1.807, 2.05) is 0 Å². The van der Waals surface area contributed by atoms with Crippen LogP contribution in [0.25, 0.3) is 0 Å². The van der Waals surface area contributed by atoms with E-state index in [2.05, 4.69) is 27.7 Å². The van der Waals surface area contributed by atoms with Crippen molar-refractivity contribution >= 4 is 11.9 Å². The van der Waals surface area contributed by atoms with Gasteiger partial charge >= 0.3 is 11.9 Å². The molecule has 0 spiro atoms. The number of hydrogen-bond donors (Lipinski definition) is 1. The second-order valence-electron chi connectivity index (χ2n) is 14.9. The molecule has 0 aromatic rings. The number of unbranched alkanes of at least 4 members (excludes halogenated alkanes) is 24. The number of aliphatic hydroxyl groups is 1. The fourth-order valence-electron chi connectivity index (χ4n) is 6.83. The van der Waals surface area contributed by atoms with Gasteiger partial charge in [-0.1, -0.05) is 207 Å². The highest BCUT2D eigenvalue weighted by molar-refractivity contribution is 5.73. The van der Waals surface area contributed by atoms with E-state index in [-0.39, 0.29) is 37.0 Å². The molecule has 0 bridgehead atoms. The molecule has 1 unspecified atom stereocenters. The van der Waals surface area contributed by atoms with Gasteiger partial charge in [-0.05, 0) is 25.7 Å². The Kier molecular flexibility index (Phi) is 36.3. The van der Waals surface area contributed by atoms with Gasteiger partial charge in [-0.3, -0.25) is 9.59 Å². The van der Waals surface area contributed by atoms with Gasteiger partial charge in [0.2, 0.25) is 0 Å². The Morgan fingerprint density at radius 1 is 0.417 bits per heavy atom. The largest absolute Gasteiger partial charge is 0.461 e. The molecular weight excluding hydrogens is 596 g/mol. The van der Waals surface area contributed by atoms with Crippen LogP contribution in [-0.4, -0.2) is 36.4 Å². The average Bonchev–Trinajstić information content (AvgIpc) is 3.09. The molecule has 286 valence electrons. The van der Waals surface area contributed by atoms with E-state index in [1.54, 1.807) is 0 Å². The fraction of sp³-hybridized carbons (Fsp3) is 0.953. The molecule has 0 saturated heterocycles. The van der Waals surface area contributed by atoms with Crippen LogP contribution in [0, 0.1) is 11.8 Å². The molecule has 1 N–H and O–H groups in total. The van der Waals surface area contributed by atoms with E-state index in [0.717, 1.165) is 64.2 Å². The van der Waals surface area contributed by atoms with Crippen LogP contribution in [0.2, 0.25) is 0 Å². The molecule has 5 heteroatoms. The highest BCUT2D eigenvalue weighted by Crippen LogP contribution is 2.23. The van der Waals surface area contributed by atoms with Crippen molar-refractivity contribution in [3.05, 3.63) is 0 Å².